The van der Waals surface area contributed by atoms with Crippen LogP contribution in [-0.4, -0.2) is 12.1 Å². The van der Waals surface area contributed by atoms with Crippen LogP contribution in [-0.2, 0) is 9.53 Å². The van der Waals surface area contributed by atoms with Gasteiger partial charge in [0, 0.05) is 6.92 Å². The maximum Gasteiger partial charge on any atom is 0.302 e. The van der Waals surface area contributed by atoms with Gasteiger partial charge < -0.3 is 4.74 Å². The molecule has 2 nitrogen and oxygen atoms in total. The fourth-order valence-electron chi connectivity index (χ4n) is 7.04. The summed E-state index contributed by atoms with van der Waals surface area (Å²) in [6.07, 6.45) is 15.5. The average Bonchev–Trinajstić information content (AvgIpc) is 2.89. The Labute approximate surface area is 141 Å². The second-order valence-corrected chi connectivity index (χ2v) is 9.35. The molecular weight excluding hydrogens is 284 g/mol. The summed E-state index contributed by atoms with van der Waals surface area (Å²) in [7, 11) is 0. The van der Waals surface area contributed by atoms with E-state index in [-0.39, 0.29) is 12.1 Å². The van der Waals surface area contributed by atoms with Crippen LogP contribution in [0.4, 0.5) is 0 Å². The van der Waals surface area contributed by atoms with Crippen LogP contribution >= 0.6 is 0 Å². The van der Waals surface area contributed by atoms with Gasteiger partial charge >= 0.3 is 5.97 Å². The molecule has 0 aliphatic heterocycles. The molecular formula is C21H32O2. The lowest BCUT2D eigenvalue weighted by atomic mass is 9.45. The SMILES string of the molecule is CC(=O)O[C@@H]1CC[C@@]2(C)[C@@H](CC[C@H]3[C@H]2CC[C@]2(C)C=CC[C@@H]32)C1. The van der Waals surface area contributed by atoms with Crippen molar-refractivity contribution >= 4 is 5.97 Å². The van der Waals surface area contributed by atoms with Gasteiger partial charge in [0.25, 0.3) is 0 Å². The third-order valence-electron chi connectivity index (χ3n) is 8.28. The summed E-state index contributed by atoms with van der Waals surface area (Å²) in [5, 5.41) is 0. The first-order chi connectivity index (χ1) is 10.9. The summed E-state index contributed by atoms with van der Waals surface area (Å²) < 4.78 is 5.56. The molecule has 4 aliphatic rings. The Balaban J connectivity index is 1.53. The van der Waals surface area contributed by atoms with Crippen LogP contribution in [0, 0.1) is 34.5 Å². The number of carbonyl (C=O) groups is 1. The first kappa shape index (κ1) is 15.7. The molecule has 23 heavy (non-hydrogen) atoms. The van der Waals surface area contributed by atoms with Crippen LogP contribution in [0.3, 0.4) is 0 Å². The molecule has 128 valence electrons. The number of hydrogen-bond acceptors (Lipinski definition) is 2. The molecule has 0 unspecified atom stereocenters. The lowest BCUT2D eigenvalue weighted by Gasteiger charge is -2.60. The van der Waals surface area contributed by atoms with E-state index in [1.807, 2.05) is 0 Å². The molecule has 0 aromatic rings. The van der Waals surface area contributed by atoms with Crippen LogP contribution in [0.1, 0.15) is 72.1 Å². The highest BCUT2D eigenvalue weighted by atomic mass is 16.5. The highest BCUT2D eigenvalue weighted by Crippen LogP contribution is 2.65. The maximum atomic E-state index is 11.3. The molecule has 0 bridgehead atoms. The van der Waals surface area contributed by atoms with Crippen molar-refractivity contribution in [3.05, 3.63) is 12.2 Å². The van der Waals surface area contributed by atoms with E-state index in [0.717, 1.165) is 36.5 Å². The minimum Gasteiger partial charge on any atom is -0.463 e. The highest BCUT2D eigenvalue weighted by Gasteiger charge is 2.57. The molecule has 0 aromatic heterocycles. The molecule has 0 spiro atoms. The highest BCUT2D eigenvalue weighted by molar-refractivity contribution is 5.66. The van der Waals surface area contributed by atoms with Gasteiger partial charge in [-0.15, -0.1) is 0 Å². The number of rotatable bonds is 1. The zero-order valence-corrected chi connectivity index (χ0v) is 15.0. The Hall–Kier alpha value is -0.790. The Morgan fingerprint density at radius 1 is 1.09 bits per heavy atom. The molecule has 0 amide bonds. The topological polar surface area (TPSA) is 26.3 Å². The van der Waals surface area contributed by atoms with Crippen LogP contribution < -0.4 is 0 Å². The normalized spacial score (nSPS) is 51.5. The van der Waals surface area contributed by atoms with Gasteiger partial charge in [-0.2, -0.15) is 0 Å². The number of fused-ring (bicyclic) bond motifs is 5. The van der Waals surface area contributed by atoms with Crippen molar-refractivity contribution in [2.24, 2.45) is 34.5 Å². The quantitative estimate of drug-likeness (QED) is 0.495. The summed E-state index contributed by atoms with van der Waals surface area (Å²) >= 11 is 0. The molecule has 0 heterocycles. The van der Waals surface area contributed by atoms with E-state index in [1.54, 1.807) is 6.92 Å². The van der Waals surface area contributed by atoms with E-state index in [9.17, 15) is 4.79 Å². The number of ether oxygens (including phenoxy) is 1. The van der Waals surface area contributed by atoms with E-state index < -0.39 is 0 Å². The Morgan fingerprint density at radius 2 is 1.91 bits per heavy atom. The van der Waals surface area contributed by atoms with Crippen LogP contribution in [0.25, 0.3) is 0 Å². The molecule has 0 saturated heterocycles. The smallest absolute Gasteiger partial charge is 0.302 e. The average molecular weight is 316 g/mol. The fraction of sp³-hybridized carbons (Fsp3) is 0.857. The first-order valence-corrected chi connectivity index (χ1v) is 9.77. The van der Waals surface area contributed by atoms with Crippen molar-refractivity contribution in [3.8, 4) is 0 Å². The Kier molecular flexibility index (Phi) is 3.66. The van der Waals surface area contributed by atoms with Gasteiger partial charge in [-0.3, -0.25) is 4.79 Å². The van der Waals surface area contributed by atoms with E-state index in [2.05, 4.69) is 26.0 Å². The van der Waals surface area contributed by atoms with E-state index in [4.69, 9.17) is 4.74 Å². The monoisotopic (exact) mass is 316 g/mol. The number of esters is 1. The third-order valence-corrected chi connectivity index (χ3v) is 8.28. The Morgan fingerprint density at radius 3 is 2.70 bits per heavy atom. The fourth-order valence-corrected chi connectivity index (χ4v) is 7.04. The maximum absolute atomic E-state index is 11.3. The standard InChI is InChI=1S/C21H32O2/c1-14(22)23-16-8-12-21(3)15(13-16)6-7-17-18-5-4-10-20(18,2)11-9-19(17)21/h4,10,15-19H,5-9,11-13H2,1-3H3/t15-,16+,17+,18-,19+,20-,21-/m0/s1. The molecule has 2 heteroatoms. The summed E-state index contributed by atoms with van der Waals surface area (Å²) in [4.78, 5) is 11.3. The molecule has 7 atom stereocenters. The molecule has 4 aliphatic carbocycles. The van der Waals surface area contributed by atoms with Gasteiger partial charge in [-0.1, -0.05) is 26.0 Å². The zero-order chi connectivity index (χ0) is 16.2. The van der Waals surface area contributed by atoms with Crippen molar-refractivity contribution in [3.63, 3.8) is 0 Å². The van der Waals surface area contributed by atoms with Crippen LogP contribution in [0.5, 0.6) is 0 Å². The van der Waals surface area contributed by atoms with E-state index in [0.29, 0.717) is 10.8 Å². The van der Waals surface area contributed by atoms with Crippen molar-refractivity contribution < 1.29 is 9.53 Å². The lowest BCUT2D eigenvalue weighted by molar-refractivity contribution is -0.158. The lowest BCUT2D eigenvalue weighted by Crippen LogP contribution is -2.53. The second-order valence-electron chi connectivity index (χ2n) is 9.35. The minimum atomic E-state index is -0.0993. The van der Waals surface area contributed by atoms with E-state index in [1.165, 1.54) is 38.5 Å². The Bertz CT molecular complexity index is 524. The largest absolute Gasteiger partial charge is 0.463 e. The molecule has 0 aromatic carbocycles. The van der Waals surface area contributed by atoms with Gasteiger partial charge in [-0.05, 0) is 85.9 Å². The zero-order valence-electron chi connectivity index (χ0n) is 15.0. The van der Waals surface area contributed by atoms with Gasteiger partial charge in [0.2, 0.25) is 0 Å². The van der Waals surface area contributed by atoms with Crippen LogP contribution in [0.15, 0.2) is 12.2 Å². The predicted molar refractivity (Wildman–Crippen MR) is 91.8 cm³/mol. The first-order valence-electron chi connectivity index (χ1n) is 9.77. The molecule has 3 saturated carbocycles. The van der Waals surface area contributed by atoms with Crippen LogP contribution in [0.2, 0.25) is 0 Å². The molecule has 0 N–H and O–H groups in total. The van der Waals surface area contributed by atoms with Gasteiger partial charge in [0.15, 0.2) is 0 Å². The molecule has 3 fully saturated rings. The second kappa shape index (κ2) is 5.36. The van der Waals surface area contributed by atoms with Gasteiger partial charge in [0.05, 0.1) is 0 Å². The summed E-state index contributed by atoms with van der Waals surface area (Å²) in [5.74, 6) is 3.39. The summed E-state index contributed by atoms with van der Waals surface area (Å²) in [6.45, 7) is 6.63. The summed E-state index contributed by atoms with van der Waals surface area (Å²) in [5.41, 5.74) is 0.975. The number of carbonyl (C=O) groups excluding carboxylic acids is 1. The predicted octanol–water partition coefficient (Wildman–Crippen LogP) is 5.13. The van der Waals surface area contributed by atoms with Crippen molar-refractivity contribution in [1.82, 2.24) is 0 Å². The number of allylic oxidation sites excluding steroid dienone is 2. The van der Waals surface area contributed by atoms with Gasteiger partial charge in [0.1, 0.15) is 6.10 Å². The molecule has 4 rings (SSSR count). The van der Waals surface area contributed by atoms with Crippen molar-refractivity contribution in [2.75, 3.05) is 0 Å². The van der Waals surface area contributed by atoms with E-state index >= 15 is 0 Å². The van der Waals surface area contributed by atoms with Gasteiger partial charge in [-0.25, -0.2) is 0 Å². The van der Waals surface area contributed by atoms with Crippen molar-refractivity contribution in [2.45, 2.75) is 78.2 Å². The summed E-state index contributed by atoms with van der Waals surface area (Å²) in [6, 6.07) is 0. The number of hydrogen-bond donors (Lipinski definition) is 0. The van der Waals surface area contributed by atoms with Crippen molar-refractivity contribution in [1.29, 1.82) is 0 Å². The molecule has 0 radical (unpaired) electrons. The third kappa shape index (κ3) is 2.39. The minimum absolute atomic E-state index is 0.0993.